The van der Waals surface area contributed by atoms with Crippen molar-refractivity contribution in [3.05, 3.63) is 30.0 Å². The fraction of sp³-hybridized carbons (Fsp3) is 0.474. The molecule has 3 rings (SSSR count). The van der Waals surface area contributed by atoms with E-state index in [2.05, 4.69) is 5.16 Å². The molecule has 1 aromatic carbocycles. The second-order valence-electron chi connectivity index (χ2n) is 6.65. The maximum atomic E-state index is 13.2. The van der Waals surface area contributed by atoms with Crippen LogP contribution in [0.15, 0.2) is 33.7 Å². The van der Waals surface area contributed by atoms with Crippen LogP contribution in [0.3, 0.4) is 0 Å². The van der Waals surface area contributed by atoms with Crippen molar-refractivity contribution in [2.24, 2.45) is 5.92 Å². The number of nitrogens with zero attached hydrogens (tertiary/aromatic N) is 2. The van der Waals surface area contributed by atoms with Crippen LogP contribution in [0.2, 0.25) is 0 Å². The van der Waals surface area contributed by atoms with Gasteiger partial charge < -0.3 is 14.0 Å². The molecule has 1 fully saturated rings. The molecule has 0 aliphatic carbocycles. The summed E-state index contributed by atoms with van der Waals surface area (Å²) in [4.78, 5) is 12.1. The van der Waals surface area contributed by atoms with Gasteiger partial charge in [0.05, 0.1) is 25.3 Å². The third-order valence-corrected chi connectivity index (χ3v) is 6.60. The highest BCUT2D eigenvalue weighted by Gasteiger charge is 2.35. The summed E-state index contributed by atoms with van der Waals surface area (Å²) < 4.78 is 43.4. The monoisotopic (exact) mass is 408 g/mol. The molecule has 152 valence electrons. The molecule has 1 aromatic heterocycles. The smallest absolute Gasteiger partial charge is 0.310 e. The first kappa shape index (κ1) is 20.3. The molecule has 28 heavy (non-hydrogen) atoms. The van der Waals surface area contributed by atoms with Crippen molar-refractivity contribution in [3.63, 3.8) is 0 Å². The summed E-state index contributed by atoms with van der Waals surface area (Å²) in [6, 6.07) is 6.52. The highest BCUT2D eigenvalue weighted by Crippen LogP contribution is 2.33. The molecule has 0 amide bonds. The van der Waals surface area contributed by atoms with Crippen molar-refractivity contribution in [2.45, 2.75) is 31.6 Å². The Morgan fingerprint density at radius 3 is 2.79 bits per heavy atom. The predicted molar refractivity (Wildman–Crippen MR) is 101 cm³/mol. The maximum absolute atomic E-state index is 13.2. The van der Waals surface area contributed by atoms with Crippen molar-refractivity contribution < 1.29 is 27.2 Å². The Hall–Kier alpha value is -2.39. The number of benzene rings is 1. The van der Waals surface area contributed by atoms with Crippen LogP contribution in [-0.2, 0) is 19.6 Å². The van der Waals surface area contributed by atoms with E-state index in [-0.39, 0.29) is 29.8 Å². The summed E-state index contributed by atoms with van der Waals surface area (Å²) in [7, 11) is -2.41. The first-order chi connectivity index (χ1) is 13.4. The zero-order valence-corrected chi connectivity index (χ0v) is 17.0. The largest absolute Gasteiger partial charge is 0.495 e. The topological polar surface area (TPSA) is 98.9 Å². The molecule has 1 atom stereocenters. The lowest BCUT2D eigenvalue weighted by Gasteiger charge is -2.31. The van der Waals surface area contributed by atoms with Gasteiger partial charge in [-0.3, -0.25) is 4.79 Å². The highest BCUT2D eigenvalue weighted by molar-refractivity contribution is 7.89. The predicted octanol–water partition coefficient (Wildman–Crippen LogP) is 2.62. The zero-order chi connectivity index (χ0) is 20.3. The number of piperidine rings is 1. The zero-order valence-electron chi connectivity index (χ0n) is 16.2. The molecule has 0 radical (unpaired) electrons. The van der Waals surface area contributed by atoms with Gasteiger partial charge in [-0.15, -0.1) is 0 Å². The fourth-order valence-electron chi connectivity index (χ4n) is 3.29. The highest BCUT2D eigenvalue weighted by atomic mass is 32.2. The number of esters is 1. The first-order valence-corrected chi connectivity index (χ1v) is 10.6. The summed E-state index contributed by atoms with van der Waals surface area (Å²) in [6.45, 7) is 4.27. The number of carbonyl (C=O) groups excluding carboxylic acids is 1. The lowest BCUT2D eigenvalue weighted by molar-refractivity contribution is -0.149. The number of hydrogen-bond donors (Lipinski definition) is 0. The van der Waals surface area contributed by atoms with Gasteiger partial charge in [0.1, 0.15) is 10.6 Å². The SMILES string of the molecule is CCOC(=O)C1CCCN(S(=O)(=O)c2ccc(-c3cc(C)no3)cc2OC)C1. The Kier molecular flexibility index (Phi) is 6.04. The van der Waals surface area contributed by atoms with Gasteiger partial charge in [-0.05, 0) is 44.9 Å². The van der Waals surface area contributed by atoms with Crippen molar-refractivity contribution in [3.8, 4) is 17.1 Å². The number of aryl methyl sites for hydroxylation is 1. The molecule has 8 nitrogen and oxygen atoms in total. The van der Waals surface area contributed by atoms with Gasteiger partial charge in [0.15, 0.2) is 5.76 Å². The van der Waals surface area contributed by atoms with Gasteiger partial charge in [-0.1, -0.05) is 5.16 Å². The van der Waals surface area contributed by atoms with Gasteiger partial charge in [0, 0.05) is 24.7 Å². The Morgan fingerprint density at radius 1 is 1.36 bits per heavy atom. The van der Waals surface area contributed by atoms with Crippen LogP contribution < -0.4 is 4.74 Å². The van der Waals surface area contributed by atoms with E-state index >= 15 is 0 Å². The van der Waals surface area contributed by atoms with Crippen LogP contribution >= 0.6 is 0 Å². The lowest BCUT2D eigenvalue weighted by Crippen LogP contribution is -2.42. The van der Waals surface area contributed by atoms with Crippen LogP contribution in [0, 0.1) is 12.8 Å². The van der Waals surface area contributed by atoms with Gasteiger partial charge in [0.2, 0.25) is 10.0 Å². The molecule has 1 aliphatic rings. The number of ether oxygens (including phenoxy) is 2. The van der Waals surface area contributed by atoms with Gasteiger partial charge in [-0.25, -0.2) is 8.42 Å². The molecule has 0 saturated carbocycles. The minimum absolute atomic E-state index is 0.0551. The first-order valence-electron chi connectivity index (χ1n) is 9.15. The third-order valence-electron chi connectivity index (χ3n) is 4.70. The molecule has 0 bridgehead atoms. The van der Waals surface area contributed by atoms with Crippen molar-refractivity contribution in [1.82, 2.24) is 9.46 Å². The van der Waals surface area contributed by atoms with E-state index in [0.29, 0.717) is 30.7 Å². The fourth-order valence-corrected chi connectivity index (χ4v) is 4.95. The number of sulfonamides is 1. The summed E-state index contributed by atoms with van der Waals surface area (Å²) in [6.07, 6.45) is 1.21. The average molecular weight is 408 g/mol. The molecule has 2 heterocycles. The van der Waals surface area contributed by atoms with Gasteiger partial charge >= 0.3 is 5.97 Å². The van der Waals surface area contributed by atoms with E-state index in [1.165, 1.54) is 17.5 Å². The molecule has 1 unspecified atom stereocenters. The summed E-state index contributed by atoms with van der Waals surface area (Å²) in [5.41, 5.74) is 1.39. The minimum atomic E-state index is -3.83. The second kappa shape index (κ2) is 8.32. The number of aromatic nitrogens is 1. The van der Waals surface area contributed by atoms with Crippen molar-refractivity contribution >= 4 is 16.0 Å². The average Bonchev–Trinajstić information content (AvgIpc) is 3.14. The number of hydrogen-bond acceptors (Lipinski definition) is 7. The van der Waals surface area contributed by atoms with E-state index in [9.17, 15) is 13.2 Å². The van der Waals surface area contributed by atoms with Gasteiger partial charge in [0.25, 0.3) is 0 Å². The molecule has 0 N–H and O–H groups in total. The Morgan fingerprint density at radius 2 is 2.14 bits per heavy atom. The minimum Gasteiger partial charge on any atom is -0.495 e. The van der Waals surface area contributed by atoms with Gasteiger partial charge in [-0.2, -0.15) is 4.31 Å². The molecule has 2 aromatic rings. The second-order valence-corrected chi connectivity index (χ2v) is 8.56. The standard InChI is InChI=1S/C19H24N2O6S/c1-4-26-19(22)15-6-5-9-21(12-15)28(23,24)18-8-7-14(11-17(18)25-3)16-10-13(2)20-27-16/h7-8,10-11,15H,4-6,9,12H2,1-3H3. The van der Waals surface area contributed by atoms with Crippen LogP contribution in [0.1, 0.15) is 25.5 Å². The summed E-state index contributed by atoms with van der Waals surface area (Å²) in [5, 5.41) is 3.85. The van der Waals surface area contributed by atoms with E-state index in [0.717, 1.165) is 5.69 Å². The van der Waals surface area contributed by atoms with Crippen molar-refractivity contribution in [1.29, 1.82) is 0 Å². The van der Waals surface area contributed by atoms with E-state index < -0.39 is 15.9 Å². The molecule has 0 spiro atoms. The Balaban J connectivity index is 1.89. The number of rotatable bonds is 6. The number of carbonyl (C=O) groups is 1. The Labute approximate surface area is 164 Å². The molecular weight excluding hydrogens is 384 g/mol. The van der Waals surface area contributed by atoms with E-state index in [1.807, 2.05) is 0 Å². The van der Waals surface area contributed by atoms with Crippen LogP contribution in [-0.4, -0.2) is 50.7 Å². The van der Waals surface area contributed by atoms with Crippen LogP contribution in [0.5, 0.6) is 5.75 Å². The molecule has 9 heteroatoms. The number of methoxy groups -OCH3 is 1. The third kappa shape index (κ3) is 4.05. The Bertz CT molecular complexity index is 953. The molecule has 1 aliphatic heterocycles. The van der Waals surface area contributed by atoms with Crippen LogP contribution in [0.25, 0.3) is 11.3 Å². The van der Waals surface area contributed by atoms with Crippen molar-refractivity contribution in [2.75, 3.05) is 26.8 Å². The molecular formula is C19H24N2O6S. The summed E-state index contributed by atoms with van der Waals surface area (Å²) >= 11 is 0. The van der Waals surface area contributed by atoms with E-state index in [1.54, 1.807) is 32.0 Å². The normalized spacial score (nSPS) is 18.0. The van der Waals surface area contributed by atoms with Crippen LogP contribution in [0.4, 0.5) is 0 Å². The lowest BCUT2D eigenvalue weighted by atomic mass is 10.0. The van der Waals surface area contributed by atoms with E-state index in [4.69, 9.17) is 14.0 Å². The maximum Gasteiger partial charge on any atom is 0.310 e. The molecule has 1 saturated heterocycles. The quantitative estimate of drug-likeness (QED) is 0.678. The summed E-state index contributed by atoms with van der Waals surface area (Å²) in [5.74, 6) is -0.0683.